The van der Waals surface area contributed by atoms with Crippen molar-refractivity contribution < 1.29 is 19.9 Å². The molecule has 0 radical (unpaired) electrons. The Bertz CT molecular complexity index is 668. The van der Waals surface area contributed by atoms with Crippen LogP contribution < -0.4 is 10.4 Å². The molecule has 1 aromatic carbocycles. The number of benzene rings is 1. The summed E-state index contributed by atoms with van der Waals surface area (Å²) in [6, 6.07) is 7.63. The molecule has 3 rings (SSSR count). The maximum absolute atomic E-state index is 11.5. The first-order valence-corrected chi connectivity index (χ1v) is 8.02. The van der Waals surface area contributed by atoms with Crippen LogP contribution in [-0.4, -0.2) is 52.4 Å². The van der Waals surface area contributed by atoms with E-state index in [9.17, 15) is 14.7 Å². The number of nitrogens with zero attached hydrogens (tertiary/aromatic N) is 2. The standard InChI is InChI=1S/C17H21N3O4/c21-15(18-24)8-7-13-5-1-2-6-14(13)19-11-17(12-19)9-3-4-10-20(17)16(22)23/h1-2,5-8,24H,3-4,9-12H2,(H,18,21)(H,22,23). The summed E-state index contributed by atoms with van der Waals surface area (Å²) in [5.74, 6) is -0.589. The van der Waals surface area contributed by atoms with Gasteiger partial charge in [0.2, 0.25) is 0 Å². The molecule has 0 atom stereocenters. The Balaban J connectivity index is 1.77. The molecule has 3 N–H and O–H groups in total. The van der Waals surface area contributed by atoms with Crippen LogP contribution in [0, 0.1) is 0 Å². The lowest BCUT2D eigenvalue weighted by Gasteiger charge is -2.58. The number of hydrogen-bond donors (Lipinski definition) is 3. The van der Waals surface area contributed by atoms with E-state index in [0.717, 1.165) is 30.5 Å². The van der Waals surface area contributed by atoms with Crippen molar-refractivity contribution in [1.82, 2.24) is 10.4 Å². The van der Waals surface area contributed by atoms with Crippen molar-refractivity contribution >= 4 is 23.8 Å². The summed E-state index contributed by atoms with van der Waals surface area (Å²) in [4.78, 5) is 26.4. The summed E-state index contributed by atoms with van der Waals surface area (Å²) in [7, 11) is 0. The fourth-order valence-corrected chi connectivity index (χ4v) is 3.68. The van der Waals surface area contributed by atoms with Crippen molar-refractivity contribution in [1.29, 1.82) is 0 Å². The highest BCUT2D eigenvalue weighted by molar-refractivity contribution is 5.92. The third-order valence-electron chi connectivity index (χ3n) is 4.85. The van der Waals surface area contributed by atoms with Crippen LogP contribution in [0.15, 0.2) is 30.3 Å². The van der Waals surface area contributed by atoms with Gasteiger partial charge in [0.15, 0.2) is 0 Å². The number of likely N-dealkylation sites (tertiary alicyclic amines) is 1. The molecule has 2 aliphatic rings. The molecular weight excluding hydrogens is 310 g/mol. The second-order valence-corrected chi connectivity index (χ2v) is 6.34. The number of rotatable bonds is 3. The zero-order valence-corrected chi connectivity index (χ0v) is 13.3. The van der Waals surface area contributed by atoms with Crippen LogP contribution in [0.4, 0.5) is 10.5 Å². The van der Waals surface area contributed by atoms with Gasteiger partial charge in [-0.3, -0.25) is 14.9 Å². The number of anilines is 1. The normalized spacial score (nSPS) is 19.4. The minimum atomic E-state index is -0.845. The molecule has 1 aromatic rings. The number of carbonyl (C=O) groups is 2. The molecule has 0 bridgehead atoms. The van der Waals surface area contributed by atoms with E-state index in [1.807, 2.05) is 24.3 Å². The van der Waals surface area contributed by atoms with E-state index >= 15 is 0 Å². The molecule has 0 saturated carbocycles. The molecule has 7 nitrogen and oxygen atoms in total. The smallest absolute Gasteiger partial charge is 0.407 e. The van der Waals surface area contributed by atoms with Gasteiger partial charge in [-0.25, -0.2) is 10.3 Å². The van der Waals surface area contributed by atoms with Gasteiger partial charge in [-0.15, -0.1) is 0 Å². The van der Waals surface area contributed by atoms with Gasteiger partial charge in [0.25, 0.3) is 5.91 Å². The average molecular weight is 331 g/mol. The number of piperidine rings is 1. The molecule has 24 heavy (non-hydrogen) atoms. The molecule has 7 heteroatoms. The first-order valence-electron chi connectivity index (χ1n) is 8.02. The Hall–Kier alpha value is -2.54. The Morgan fingerprint density at radius 3 is 2.67 bits per heavy atom. The molecule has 2 amide bonds. The van der Waals surface area contributed by atoms with E-state index in [1.54, 1.807) is 16.5 Å². The first kappa shape index (κ1) is 16.3. The van der Waals surface area contributed by atoms with Crippen LogP contribution in [0.25, 0.3) is 6.08 Å². The van der Waals surface area contributed by atoms with Crippen LogP contribution in [0.2, 0.25) is 0 Å². The van der Waals surface area contributed by atoms with Gasteiger partial charge >= 0.3 is 6.09 Å². The van der Waals surface area contributed by atoms with Crippen LogP contribution in [0.3, 0.4) is 0 Å². The van der Waals surface area contributed by atoms with E-state index < -0.39 is 12.0 Å². The van der Waals surface area contributed by atoms with Crippen molar-refractivity contribution in [2.24, 2.45) is 0 Å². The summed E-state index contributed by atoms with van der Waals surface area (Å²) in [6.07, 6.45) is 4.92. The number of hydrogen-bond acceptors (Lipinski definition) is 4. The van der Waals surface area contributed by atoms with E-state index in [0.29, 0.717) is 19.6 Å². The molecular formula is C17H21N3O4. The van der Waals surface area contributed by atoms with Gasteiger partial charge in [-0.05, 0) is 37.0 Å². The third-order valence-corrected chi connectivity index (χ3v) is 4.85. The Morgan fingerprint density at radius 1 is 1.21 bits per heavy atom. The van der Waals surface area contributed by atoms with Crippen molar-refractivity contribution in [2.75, 3.05) is 24.5 Å². The molecule has 0 aromatic heterocycles. The van der Waals surface area contributed by atoms with E-state index in [-0.39, 0.29) is 5.54 Å². The van der Waals surface area contributed by atoms with Gasteiger partial charge in [0, 0.05) is 31.4 Å². The topological polar surface area (TPSA) is 93.1 Å². The fraction of sp³-hybridized carbons (Fsp3) is 0.412. The van der Waals surface area contributed by atoms with Crippen molar-refractivity contribution in [3.8, 4) is 0 Å². The Morgan fingerprint density at radius 2 is 1.96 bits per heavy atom. The van der Waals surface area contributed by atoms with Crippen LogP contribution in [-0.2, 0) is 4.79 Å². The quantitative estimate of drug-likeness (QED) is 0.447. The van der Waals surface area contributed by atoms with Gasteiger partial charge in [-0.1, -0.05) is 18.2 Å². The van der Waals surface area contributed by atoms with Crippen molar-refractivity contribution in [3.63, 3.8) is 0 Å². The largest absolute Gasteiger partial charge is 0.465 e. The number of amides is 2. The van der Waals surface area contributed by atoms with Gasteiger partial charge < -0.3 is 10.0 Å². The van der Waals surface area contributed by atoms with Crippen LogP contribution >= 0.6 is 0 Å². The summed E-state index contributed by atoms with van der Waals surface area (Å²) < 4.78 is 0. The van der Waals surface area contributed by atoms with Gasteiger partial charge in [-0.2, -0.15) is 0 Å². The van der Waals surface area contributed by atoms with Crippen molar-refractivity contribution in [2.45, 2.75) is 24.8 Å². The van der Waals surface area contributed by atoms with E-state index in [4.69, 9.17) is 5.21 Å². The minimum absolute atomic E-state index is 0.288. The molecule has 2 fully saturated rings. The maximum Gasteiger partial charge on any atom is 0.407 e. The number of carboxylic acid groups (broad SMARTS) is 1. The van der Waals surface area contributed by atoms with E-state index in [2.05, 4.69) is 4.90 Å². The molecule has 2 heterocycles. The molecule has 1 spiro atoms. The Labute approximate surface area is 140 Å². The number of nitrogens with one attached hydrogen (secondary N) is 1. The predicted molar refractivity (Wildman–Crippen MR) is 88.9 cm³/mol. The lowest BCUT2D eigenvalue weighted by Crippen LogP contribution is -2.72. The van der Waals surface area contributed by atoms with Crippen LogP contribution in [0.1, 0.15) is 24.8 Å². The fourth-order valence-electron chi connectivity index (χ4n) is 3.68. The van der Waals surface area contributed by atoms with Crippen LogP contribution in [0.5, 0.6) is 0 Å². The highest BCUT2D eigenvalue weighted by Crippen LogP contribution is 2.40. The summed E-state index contributed by atoms with van der Waals surface area (Å²) in [5.41, 5.74) is 3.09. The summed E-state index contributed by atoms with van der Waals surface area (Å²) in [5, 5.41) is 18.0. The molecule has 0 unspecified atom stereocenters. The van der Waals surface area contributed by atoms with Gasteiger partial charge in [0.1, 0.15) is 0 Å². The number of para-hydroxylation sites is 1. The monoisotopic (exact) mass is 331 g/mol. The molecule has 2 saturated heterocycles. The maximum atomic E-state index is 11.5. The zero-order valence-electron chi connectivity index (χ0n) is 13.3. The second kappa shape index (κ2) is 6.52. The minimum Gasteiger partial charge on any atom is -0.465 e. The lowest BCUT2D eigenvalue weighted by molar-refractivity contribution is -0.124. The zero-order chi connectivity index (χ0) is 17.2. The third kappa shape index (κ3) is 2.94. The van der Waals surface area contributed by atoms with Crippen molar-refractivity contribution in [3.05, 3.63) is 35.9 Å². The number of carbonyl (C=O) groups excluding carboxylic acids is 1. The molecule has 128 valence electrons. The second-order valence-electron chi connectivity index (χ2n) is 6.34. The highest BCUT2D eigenvalue weighted by Gasteiger charge is 2.50. The summed E-state index contributed by atoms with van der Waals surface area (Å²) >= 11 is 0. The number of hydroxylamine groups is 1. The SMILES string of the molecule is O=C(C=Cc1ccccc1N1CC2(CCCCN2C(=O)O)C1)NO. The molecule has 2 aliphatic heterocycles. The van der Waals surface area contributed by atoms with E-state index in [1.165, 1.54) is 6.08 Å². The first-order chi connectivity index (χ1) is 11.6. The lowest BCUT2D eigenvalue weighted by atomic mass is 9.79. The van der Waals surface area contributed by atoms with Gasteiger partial charge in [0.05, 0.1) is 5.54 Å². The highest BCUT2D eigenvalue weighted by atomic mass is 16.5. The Kier molecular flexibility index (Phi) is 4.44. The summed E-state index contributed by atoms with van der Waals surface area (Å²) in [6.45, 7) is 1.92. The molecule has 0 aliphatic carbocycles. The predicted octanol–water partition coefficient (Wildman–Crippen LogP) is 1.93. The average Bonchev–Trinajstić information content (AvgIpc) is 2.57.